The van der Waals surface area contributed by atoms with Crippen LogP contribution in [0.15, 0.2) is 18.2 Å². The highest BCUT2D eigenvalue weighted by Gasteiger charge is 2.42. The maximum Gasteiger partial charge on any atom is 0.315 e. The summed E-state index contributed by atoms with van der Waals surface area (Å²) in [5, 5.41) is 15.4. The number of carbonyl (C=O) groups excluding carboxylic acids is 1. The Morgan fingerprint density at radius 2 is 1.88 bits per heavy atom. The van der Waals surface area contributed by atoms with Gasteiger partial charge in [-0.1, -0.05) is 0 Å². The van der Waals surface area contributed by atoms with E-state index in [2.05, 4.69) is 10.6 Å². The predicted octanol–water partition coefficient (Wildman–Crippen LogP) is 2.19. The molecule has 0 bridgehead atoms. The van der Waals surface area contributed by atoms with Crippen LogP contribution < -0.4 is 15.4 Å². The van der Waals surface area contributed by atoms with Crippen LogP contribution in [0.2, 0.25) is 0 Å². The number of benzene rings is 1. The van der Waals surface area contributed by atoms with E-state index < -0.39 is 17.7 Å². The van der Waals surface area contributed by atoms with E-state index in [-0.39, 0.29) is 31.0 Å². The molecule has 0 aliphatic heterocycles. The first-order valence-corrected chi connectivity index (χ1v) is 8.33. The first kappa shape index (κ1) is 17.0. The molecule has 0 radical (unpaired) electrons. The van der Waals surface area contributed by atoms with E-state index >= 15 is 0 Å². The summed E-state index contributed by atoms with van der Waals surface area (Å²) in [5.74, 6) is -0.637. The molecule has 1 aromatic rings. The van der Waals surface area contributed by atoms with Gasteiger partial charge in [0.05, 0.1) is 0 Å². The van der Waals surface area contributed by atoms with Crippen LogP contribution in [0.1, 0.15) is 25.7 Å². The molecule has 5 nitrogen and oxygen atoms in total. The van der Waals surface area contributed by atoms with E-state index in [1.54, 1.807) is 0 Å². The molecule has 1 aromatic carbocycles. The van der Waals surface area contributed by atoms with Gasteiger partial charge in [0, 0.05) is 18.7 Å². The summed E-state index contributed by atoms with van der Waals surface area (Å²) in [4.78, 5) is 11.9. The van der Waals surface area contributed by atoms with Gasteiger partial charge < -0.3 is 20.5 Å². The molecule has 0 aromatic heterocycles. The Hall–Kier alpha value is -1.89. The van der Waals surface area contributed by atoms with E-state index in [0.717, 1.165) is 12.1 Å². The van der Waals surface area contributed by atoms with E-state index in [1.165, 1.54) is 31.7 Å². The van der Waals surface area contributed by atoms with Gasteiger partial charge >= 0.3 is 6.03 Å². The predicted molar refractivity (Wildman–Crippen MR) is 83.6 cm³/mol. The largest absolute Gasteiger partial charge is 0.491 e. The summed E-state index contributed by atoms with van der Waals surface area (Å²) in [6, 6.07) is 3.11. The van der Waals surface area contributed by atoms with Gasteiger partial charge in [0.1, 0.15) is 18.5 Å². The molecule has 3 rings (SSSR count). The number of amides is 2. The van der Waals surface area contributed by atoms with E-state index in [1.807, 2.05) is 0 Å². The lowest BCUT2D eigenvalue weighted by molar-refractivity contribution is 0.107. The van der Waals surface area contributed by atoms with Crippen molar-refractivity contribution < 1.29 is 23.4 Å². The topological polar surface area (TPSA) is 70.6 Å². The number of hydrogen-bond acceptors (Lipinski definition) is 3. The first-order valence-electron chi connectivity index (χ1n) is 8.33. The van der Waals surface area contributed by atoms with Crippen LogP contribution in [0, 0.1) is 23.5 Å². The van der Waals surface area contributed by atoms with E-state index in [0.29, 0.717) is 11.8 Å². The molecule has 2 saturated carbocycles. The summed E-state index contributed by atoms with van der Waals surface area (Å²) < 4.78 is 31.0. The highest BCUT2D eigenvalue weighted by atomic mass is 19.2. The number of nitrogens with one attached hydrogen (secondary N) is 2. The minimum Gasteiger partial charge on any atom is -0.491 e. The smallest absolute Gasteiger partial charge is 0.315 e. The van der Waals surface area contributed by atoms with Crippen molar-refractivity contribution in [2.24, 2.45) is 11.8 Å². The van der Waals surface area contributed by atoms with Crippen molar-refractivity contribution in [2.75, 3.05) is 13.2 Å². The number of carbonyl (C=O) groups is 1. The molecule has 2 aliphatic rings. The highest BCUT2D eigenvalue weighted by molar-refractivity contribution is 5.74. The van der Waals surface area contributed by atoms with Crippen LogP contribution in [0.5, 0.6) is 5.75 Å². The van der Waals surface area contributed by atoms with Crippen molar-refractivity contribution in [2.45, 2.75) is 37.8 Å². The summed E-state index contributed by atoms with van der Waals surface area (Å²) in [6.07, 6.45) is 3.75. The minimum atomic E-state index is -1.01. The molecule has 0 heterocycles. The summed E-state index contributed by atoms with van der Waals surface area (Å²) in [6.45, 7) is -0.0996. The van der Waals surface area contributed by atoms with Crippen LogP contribution in [-0.2, 0) is 0 Å². The molecule has 0 spiro atoms. The summed E-state index contributed by atoms with van der Waals surface area (Å²) >= 11 is 0. The zero-order valence-corrected chi connectivity index (χ0v) is 13.3. The Morgan fingerprint density at radius 1 is 1.21 bits per heavy atom. The maximum atomic E-state index is 13.0. The number of halogens is 2. The van der Waals surface area contributed by atoms with Crippen molar-refractivity contribution in [3.63, 3.8) is 0 Å². The third kappa shape index (κ3) is 4.80. The number of hydrogen-bond donors (Lipinski definition) is 3. The van der Waals surface area contributed by atoms with Gasteiger partial charge in [-0.25, -0.2) is 13.6 Å². The van der Waals surface area contributed by atoms with E-state index in [9.17, 15) is 18.7 Å². The zero-order valence-electron chi connectivity index (χ0n) is 13.3. The number of aliphatic hydroxyl groups is 1. The van der Waals surface area contributed by atoms with Crippen molar-refractivity contribution >= 4 is 6.03 Å². The number of ether oxygens (including phenoxy) is 1. The Balaban J connectivity index is 1.36. The second-order valence-electron chi connectivity index (χ2n) is 6.60. The van der Waals surface area contributed by atoms with Crippen molar-refractivity contribution in [1.29, 1.82) is 0 Å². The normalized spacial score (nSPS) is 18.3. The lowest BCUT2D eigenvalue weighted by Gasteiger charge is -2.19. The molecule has 2 aliphatic carbocycles. The molecular weight excluding hydrogens is 318 g/mol. The van der Waals surface area contributed by atoms with Gasteiger partial charge in [0.15, 0.2) is 11.6 Å². The SMILES string of the molecule is O=C(NCC(O)COc1ccc(F)c(F)c1)NC(C1CC1)C1CC1. The van der Waals surface area contributed by atoms with Crippen LogP contribution in [0.3, 0.4) is 0 Å². The summed E-state index contributed by atoms with van der Waals surface area (Å²) in [7, 11) is 0. The molecule has 132 valence electrons. The average Bonchev–Trinajstić information content (AvgIpc) is 3.45. The third-order valence-electron chi connectivity index (χ3n) is 4.39. The monoisotopic (exact) mass is 340 g/mol. The van der Waals surface area contributed by atoms with Crippen molar-refractivity contribution in [1.82, 2.24) is 10.6 Å². The number of aliphatic hydroxyl groups excluding tert-OH is 1. The lowest BCUT2D eigenvalue weighted by Crippen LogP contribution is -2.47. The second-order valence-corrected chi connectivity index (χ2v) is 6.60. The fraction of sp³-hybridized carbons (Fsp3) is 0.588. The van der Waals surface area contributed by atoms with Crippen molar-refractivity contribution in [3.8, 4) is 5.75 Å². The Bertz CT molecular complexity index is 579. The van der Waals surface area contributed by atoms with Crippen LogP contribution in [-0.4, -0.2) is 36.4 Å². The highest BCUT2D eigenvalue weighted by Crippen LogP contribution is 2.44. The van der Waals surface area contributed by atoms with E-state index in [4.69, 9.17) is 4.74 Å². The van der Waals surface area contributed by atoms with Crippen molar-refractivity contribution in [3.05, 3.63) is 29.8 Å². The first-order chi connectivity index (χ1) is 11.5. The molecule has 7 heteroatoms. The Labute approximate surface area is 139 Å². The average molecular weight is 340 g/mol. The molecule has 24 heavy (non-hydrogen) atoms. The van der Waals surface area contributed by atoms with Gasteiger partial charge in [-0.05, 0) is 49.7 Å². The fourth-order valence-electron chi connectivity index (χ4n) is 2.76. The third-order valence-corrected chi connectivity index (χ3v) is 4.39. The van der Waals surface area contributed by atoms with Crippen LogP contribution in [0.4, 0.5) is 13.6 Å². The number of urea groups is 1. The lowest BCUT2D eigenvalue weighted by atomic mass is 10.1. The Kier molecular flexibility index (Phi) is 5.18. The molecular formula is C17H22F2N2O3. The van der Waals surface area contributed by atoms with Crippen LogP contribution in [0.25, 0.3) is 0 Å². The van der Waals surface area contributed by atoms with Gasteiger partial charge in [-0.3, -0.25) is 0 Å². The minimum absolute atomic E-state index is 0.0254. The quantitative estimate of drug-likeness (QED) is 0.679. The standard InChI is InChI=1S/C17H22F2N2O3/c18-14-6-5-13(7-15(14)19)24-9-12(22)8-20-17(23)21-16(10-1-2-10)11-3-4-11/h5-7,10-12,16,22H,1-4,8-9H2,(H2,20,21,23). The fourth-order valence-corrected chi connectivity index (χ4v) is 2.76. The van der Waals surface area contributed by atoms with Gasteiger partial charge in [0.2, 0.25) is 0 Å². The van der Waals surface area contributed by atoms with Gasteiger partial charge in [-0.15, -0.1) is 0 Å². The molecule has 1 atom stereocenters. The second kappa shape index (κ2) is 7.34. The zero-order chi connectivity index (χ0) is 17.1. The summed E-state index contributed by atoms with van der Waals surface area (Å²) in [5.41, 5.74) is 0. The Morgan fingerprint density at radius 3 is 2.46 bits per heavy atom. The molecule has 3 N–H and O–H groups in total. The molecule has 2 amide bonds. The number of rotatable bonds is 8. The maximum absolute atomic E-state index is 13.0. The van der Waals surface area contributed by atoms with Gasteiger partial charge in [0.25, 0.3) is 0 Å². The molecule has 0 saturated heterocycles. The van der Waals surface area contributed by atoms with Crippen LogP contribution >= 0.6 is 0 Å². The van der Waals surface area contributed by atoms with Gasteiger partial charge in [-0.2, -0.15) is 0 Å². The molecule has 1 unspecified atom stereocenters. The molecule has 2 fully saturated rings.